The zero-order valence-corrected chi connectivity index (χ0v) is 10.8. The highest BCUT2D eigenvalue weighted by atomic mass is 79.9. The second-order valence-electron chi connectivity index (χ2n) is 4.80. The molecule has 2 atom stereocenters. The molecule has 17 heavy (non-hydrogen) atoms. The monoisotopic (exact) mass is 294 g/mol. The van der Waals surface area contributed by atoms with E-state index in [1.807, 2.05) is 24.3 Å². The summed E-state index contributed by atoms with van der Waals surface area (Å²) in [5.41, 5.74) is 1.99. The number of rotatable bonds is 0. The molecule has 1 spiro atoms. The van der Waals surface area contributed by atoms with Crippen LogP contribution in [0.25, 0.3) is 6.08 Å². The minimum absolute atomic E-state index is 0.250. The van der Waals surface area contributed by atoms with E-state index in [1.165, 1.54) is 0 Å². The number of alkyl halides is 1. The Hall–Kier alpha value is -0.960. The van der Waals surface area contributed by atoms with Gasteiger partial charge in [-0.25, -0.2) is 4.39 Å². The van der Waals surface area contributed by atoms with Gasteiger partial charge < -0.3 is 0 Å². The Morgan fingerprint density at radius 2 is 2.12 bits per heavy atom. The summed E-state index contributed by atoms with van der Waals surface area (Å²) in [7, 11) is 0. The molecule has 0 heterocycles. The summed E-state index contributed by atoms with van der Waals surface area (Å²) in [6.07, 6.45) is 2.05. The van der Waals surface area contributed by atoms with Crippen LogP contribution in [0.4, 0.5) is 4.39 Å². The van der Waals surface area contributed by atoms with E-state index in [4.69, 9.17) is 0 Å². The Morgan fingerprint density at radius 1 is 1.35 bits per heavy atom. The maximum atomic E-state index is 13.7. The quantitative estimate of drug-likeness (QED) is 0.712. The minimum Gasteiger partial charge on any atom is -0.296 e. The van der Waals surface area contributed by atoms with E-state index in [0.29, 0.717) is 12.8 Å². The molecule has 1 aromatic rings. The van der Waals surface area contributed by atoms with Gasteiger partial charge in [0, 0.05) is 16.3 Å². The second kappa shape index (κ2) is 3.77. The number of halogens is 2. The summed E-state index contributed by atoms with van der Waals surface area (Å²) in [5.74, 6) is -0.250. The van der Waals surface area contributed by atoms with E-state index in [0.717, 1.165) is 15.6 Å². The van der Waals surface area contributed by atoms with Crippen LogP contribution in [0.1, 0.15) is 30.4 Å². The molecule has 2 aliphatic carbocycles. The first-order chi connectivity index (χ1) is 8.13. The van der Waals surface area contributed by atoms with Gasteiger partial charge in [-0.2, -0.15) is 0 Å². The molecule has 0 N–H and O–H groups in total. The van der Waals surface area contributed by atoms with Crippen molar-refractivity contribution in [3.05, 3.63) is 39.9 Å². The lowest BCUT2D eigenvalue weighted by Crippen LogP contribution is -2.37. The number of benzene rings is 1. The van der Waals surface area contributed by atoms with Crippen LogP contribution in [-0.4, -0.2) is 12.0 Å². The molecule has 0 amide bonds. The van der Waals surface area contributed by atoms with Crippen LogP contribution >= 0.6 is 15.9 Å². The fourth-order valence-electron chi connectivity index (χ4n) is 2.94. The molecular formula is C14H12BrFO. The lowest BCUT2D eigenvalue weighted by atomic mass is 9.70. The number of carbonyl (C=O) groups excluding carboxylic acids is 1. The van der Waals surface area contributed by atoms with E-state index >= 15 is 0 Å². The summed E-state index contributed by atoms with van der Waals surface area (Å²) in [4.78, 5) is 11.3. The molecule has 3 rings (SSSR count). The summed E-state index contributed by atoms with van der Waals surface area (Å²) in [6.45, 7) is 0. The molecule has 2 aliphatic rings. The van der Waals surface area contributed by atoms with Crippen LogP contribution in [0.5, 0.6) is 0 Å². The van der Waals surface area contributed by atoms with Crippen molar-refractivity contribution in [3.8, 4) is 0 Å². The predicted octanol–water partition coefficient (Wildman–Crippen LogP) is 3.76. The van der Waals surface area contributed by atoms with Gasteiger partial charge in [0.1, 0.15) is 0 Å². The van der Waals surface area contributed by atoms with Gasteiger partial charge >= 0.3 is 0 Å². The van der Waals surface area contributed by atoms with Gasteiger partial charge in [-0.1, -0.05) is 40.2 Å². The number of ketones is 1. The molecule has 0 radical (unpaired) electrons. The Balaban J connectivity index is 2.09. The van der Waals surface area contributed by atoms with Gasteiger partial charge in [0.25, 0.3) is 0 Å². The first-order valence-corrected chi connectivity index (χ1v) is 6.57. The van der Waals surface area contributed by atoms with Crippen molar-refractivity contribution in [2.45, 2.75) is 30.8 Å². The highest BCUT2D eigenvalue weighted by molar-refractivity contribution is 9.11. The number of Topliss-reactive ketones (excluding diaryl/α,β-unsaturated/α-hetero) is 1. The highest BCUT2D eigenvalue weighted by Crippen LogP contribution is 2.52. The molecule has 1 fully saturated rings. The van der Waals surface area contributed by atoms with Gasteiger partial charge in [-0.3, -0.25) is 4.79 Å². The Morgan fingerprint density at radius 3 is 2.88 bits per heavy atom. The SMILES string of the molecule is O=C1CCC2(CC1F)C(Br)=Cc1ccccc12. The molecule has 1 nitrogen and oxygen atoms in total. The van der Waals surface area contributed by atoms with Gasteiger partial charge in [0.05, 0.1) is 0 Å². The van der Waals surface area contributed by atoms with Crippen molar-refractivity contribution in [2.24, 2.45) is 0 Å². The molecule has 0 aromatic heterocycles. The zero-order chi connectivity index (χ0) is 12.0. The normalized spacial score (nSPS) is 31.5. The van der Waals surface area contributed by atoms with E-state index in [2.05, 4.69) is 22.0 Å². The van der Waals surface area contributed by atoms with Gasteiger partial charge in [0.2, 0.25) is 0 Å². The summed E-state index contributed by atoms with van der Waals surface area (Å²) >= 11 is 3.57. The summed E-state index contributed by atoms with van der Waals surface area (Å²) < 4.78 is 14.8. The highest BCUT2D eigenvalue weighted by Gasteiger charge is 2.46. The predicted molar refractivity (Wildman–Crippen MR) is 68.8 cm³/mol. The molecule has 0 bridgehead atoms. The first kappa shape index (κ1) is 11.1. The van der Waals surface area contributed by atoms with Crippen LogP contribution in [0.15, 0.2) is 28.7 Å². The number of hydrogen-bond donors (Lipinski definition) is 0. The summed E-state index contributed by atoms with van der Waals surface area (Å²) in [5, 5.41) is 0. The molecule has 3 heteroatoms. The first-order valence-electron chi connectivity index (χ1n) is 5.77. The van der Waals surface area contributed by atoms with Crippen LogP contribution in [-0.2, 0) is 10.2 Å². The number of fused-ring (bicyclic) bond motifs is 2. The molecule has 1 aromatic carbocycles. The van der Waals surface area contributed by atoms with E-state index < -0.39 is 6.17 Å². The van der Waals surface area contributed by atoms with Gasteiger partial charge in [-0.05, 0) is 30.0 Å². The van der Waals surface area contributed by atoms with Gasteiger partial charge in [0.15, 0.2) is 12.0 Å². The number of carbonyl (C=O) groups is 1. The minimum atomic E-state index is -1.32. The molecule has 1 saturated carbocycles. The topological polar surface area (TPSA) is 17.1 Å². The third kappa shape index (κ3) is 1.52. The molecule has 2 unspecified atom stereocenters. The van der Waals surface area contributed by atoms with Crippen LogP contribution < -0.4 is 0 Å². The van der Waals surface area contributed by atoms with Crippen molar-refractivity contribution in [2.75, 3.05) is 0 Å². The number of allylic oxidation sites excluding steroid dienone is 1. The largest absolute Gasteiger partial charge is 0.296 e. The van der Waals surface area contributed by atoms with E-state index in [-0.39, 0.29) is 17.6 Å². The average molecular weight is 295 g/mol. The Bertz CT molecular complexity index is 523. The average Bonchev–Trinajstić information content (AvgIpc) is 2.58. The molecular weight excluding hydrogens is 283 g/mol. The van der Waals surface area contributed by atoms with Crippen molar-refractivity contribution < 1.29 is 9.18 Å². The van der Waals surface area contributed by atoms with Crippen molar-refractivity contribution >= 4 is 27.8 Å². The molecule has 0 saturated heterocycles. The molecule has 88 valence electrons. The van der Waals surface area contributed by atoms with Crippen molar-refractivity contribution in [3.63, 3.8) is 0 Å². The maximum Gasteiger partial charge on any atom is 0.166 e. The van der Waals surface area contributed by atoms with E-state index in [1.54, 1.807) is 0 Å². The second-order valence-corrected chi connectivity index (χ2v) is 5.65. The van der Waals surface area contributed by atoms with Crippen LogP contribution in [0.3, 0.4) is 0 Å². The zero-order valence-electron chi connectivity index (χ0n) is 9.25. The fourth-order valence-corrected chi connectivity index (χ4v) is 3.76. The van der Waals surface area contributed by atoms with Crippen LogP contribution in [0, 0.1) is 0 Å². The van der Waals surface area contributed by atoms with Gasteiger partial charge in [-0.15, -0.1) is 0 Å². The number of hydrogen-bond acceptors (Lipinski definition) is 1. The lowest BCUT2D eigenvalue weighted by Gasteiger charge is -2.36. The third-order valence-electron chi connectivity index (χ3n) is 3.89. The standard InChI is InChI=1S/C14H12BrFO/c15-13-7-9-3-1-2-4-10(9)14(13)6-5-12(17)11(16)8-14/h1-4,7,11H,5-6,8H2. The molecule has 0 aliphatic heterocycles. The van der Waals surface area contributed by atoms with Crippen molar-refractivity contribution in [1.29, 1.82) is 0 Å². The fraction of sp³-hybridized carbons (Fsp3) is 0.357. The maximum absolute atomic E-state index is 13.7. The van der Waals surface area contributed by atoms with Crippen LogP contribution in [0.2, 0.25) is 0 Å². The Labute approximate surface area is 108 Å². The third-order valence-corrected chi connectivity index (χ3v) is 4.88. The van der Waals surface area contributed by atoms with Crippen molar-refractivity contribution in [1.82, 2.24) is 0 Å². The summed E-state index contributed by atoms with van der Waals surface area (Å²) in [6, 6.07) is 8.04. The Kier molecular flexibility index (Phi) is 2.47. The lowest BCUT2D eigenvalue weighted by molar-refractivity contribution is -0.126. The smallest absolute Gasteiger partial charge is 0.166 e. The van der Waals surface area contributed by atoms with E-state index in [9.17, 15) is 9.18 Å².